The molecule has 1 fully saturated rings. The summed E-state index contributed by atoms with van der Waals surface area (Å²) >= 11 is 0. The van der Waals surface area contributed by atoms with Gasteiger partial charge >= 0.3 is 0 Å². The summed E-state index contributed by atoms with van der Waals surface area (Å²) in [5.74, 6) is 0.277. The van der Waals surface area contributed by atoms with E-state index >= 15 is 0 Å². The first-order valence-electron chi connectivity index (χ1n) is 4.85. The maximum Gasteiger partial charge on any atom is 0.217 e. The van der Waals surface area contributed by atoms with E-state index in [2.05, 4.69) is 5.32 Å². The van der Waals surface area contributed by atoms with Crippen LogP contribution in [0.4, 0.5) is 0 Å². The Morgan fingerprint density at radius 2 is 1.94 bits per heavy atom. The Morgan fingerprint density at radius 1 is 1.25 bits per heavy atom. The summed E-state index contributed by atoms with van der Waals surface area (Å²) in [7, 11) is 0. The average molecular weight is 211 g/mol. The van der Waals surface area contributed by atoms with Crippen LogP contribution in [-0.4, -0.2) is 6.54 Å². The highest BCUT2D eigenvalue weighted by Crippen LogP contribution is 2.25. The second kappa shape index (κ2) is 4.37. The van der Waals surface area contributed by atoms with Gasteiger partial charge in [0.1, 0.15) is 18.2 Å². The molecule has 0 spiro atoms. The van der Waals surface area contributed by atoms with E-state index in [9.17, 15) is 0 Å². The number of benzene rings is 1. The molecule has 1 aromatic rings. The van der Waals surface area contributed by atoms with Crippen molar-refractivity contribution in [1.29, 1.82) is 10.5 Å². The molecule has 4 nitrogen and oxygen atoms in total. The van der Waals surface area contributed by atoms with E-state index in [4.69, 9.17) is 15.3 Å². The molecule has 1 atom stereocenters. The highest BCUT2D eigenvalue weighted by molar-refractivity contribution is 5.38. The average Bonchev–Trinajstić information content (AvgIpc) is 2.81. The van der Waals surface area contributed by atoms with Crippen LogP contribution >= 0.6 is 0 Å². The van der Waals surface area contributed by atoms with Crippen LogP contribution < -0.4 is 5.32 Å². The van der Waals surface area contributed by atoms with Gasteiger partial charge in [0.2, 0.25) is 5.88 Å². The fraction of sp³-hybridized carbons (Fsp3) is 0.167. The standard InChI is InChI=1S/C12H9N3O/c13-6-10(7-14)12-15-8-11(16-12)9-4-2-1-3-5-9/h1-5,11,15H,8H2/t11-/m0/s1. The van der Waals surface area contributed by atoms with Crippen LogP contribution in [0.25, 0.3) is 0 Å². The molecule has 1 aromatic carbocycles. The Bertz CT molecular complexity index is 477. The van der Waals surface area contributed by atoms with Crippen molar-refractivity contribution in [3.63, 3.8) is 0 Å². The Hall–Kier alpha value is -2.46. The Balaban J connectivity index is 2.20. The van der Waals surface area contributed by atoms with E-state index in [0.717, 1.165) is 5.56 Å². The number of allylic oxidation sites excluding steroid dienone is 1. The third-order valence-electron chi connectivity index (χ3n) is 2.33. The number of nitrogens with one attached hydrogen (secondary N) is 1. The van der Waals surface area contributed by atoms with Crippen LogP contribution in [-0.2, 0) is 4.74 Å². The molecule has 1 heterocycles. The monoisotopic (exact) mass is 211 g/mol. The van der Waals surface area contributed by atoms with Gasteiger partial charge in [0.05, 0.1) is 6.54 Å². The van der Waals surface area contributed by atoms with Crippen LogP contribution in [0.5, 0.6) is 0 Å². The van der Waals surface area contributed by atoms with E-state index in [1.54, 1.807) is 12.1 Å². The molecule has 1 aliphatic heterocycles. The van der Waals surface area contributed by atoms with Crippen LogP contribution in [0.15, 0.2) is 41.8 Å². The van der Waals surface area contributed by atoms with Crippen LogP contribution in [0.1, 0.15) is 11.7 Å². The number of nitrogens with zero attached hydrogens (tertiary/aromatic N) is 2. The smallest absolute Gasteiger partial charge is 0.217 e. The van der Waals surface area contributed by atoms with E-state index in [-0.39, 0.29) is 17.6 Å². The van der Waals surface area contributed by atoms with Gasteiger partial charge in [-0.1, -0.05) is 30.3 Å². The zero-order valence-corrected chi connectivity index (χ0v) is 8.47. The van der Waals surface area contributed by atoms with Crippen LogP contribution in [0, 0.1) is 22.7 Å². The number of hydrogen-bond acceptors (Lipinski definition) is 4. The van der Waals surface area contributed by atoms with E-state index in [1.165, 1.54) is 0 Å². The molecule has 0 unspecified atom stereocenters. The summed E-state index contributed by atoms with van der Waals surface area (Å²) in [6, 6.07) is 13.3. The summed E-state index contributed by atoms with van der Waals surface area (Å²) < 4.78 is 5.51. The fourth-order valence-electron chi connectivity index (χ4n) is 1.54. The molecule has 1 N–H and O–H groups in total. The van der Waals surface area contributed by atoms with Gasteiger partial charge in [-0.2, -0.15) is 10.5 Å². The van der Waals surface area contributed by atoms with Gasteiger partial charge in [-0.3, -0.25) is 0 Å². The minimum atomic E-state index is -0.132. The maximum atomic E-state index is 8.69. The van der Waals surface area contributed by atoms with E-state index in [1.807, 2.05) is 30.3 Å². The molecule has 0 aromatic heterocycles. The third kappa shape index (κ3) is 1.82. The Kier molecular flexibility index (Phi) is 2.75. The molecule has 2 rings (SSSR count). The highest BCUT2D eigenvalue weighted by Gasteiger charge is 2.24. The zero-order chi connectivity index (χ0) is 11.4. The molecule has 4 heteroatoms. The first-order chi connectivity index (χ1) is 7.85. The van der Waals surface area contributed by atoms with Crippen LogP contribution in [0.3, 0.4) is 0 Å². The normalized spacial score (nSPS) is 17.9. The maximum absolute atomic E-state index is 8.69. The van der Waals surface area contributed by atoms with Crippen molar-refractivity contribution in [2.45, 2.75) is 6.10 Å². The van der Waals surface area contributed by atoms with Crippen molar-refractivity contribution in [1.82, 2.24) is 5.32 Å². The SMILES string of the molecule is N#CC(C#N)=C1NC[C@@H](c2ccccc2)O1. The first kappa shape index (κ1) is 10.1. The lowest BCUT2D eigenvalue weighted by molar-refractivity contribution is 0.169. The van der Waals surface area contributed by atoms with Gasteiger partial charge in [-0.15, -0.1) is 0 Å². The molecular formula is C12H9N3O. The van der Waals surface area contributed by atoms with Crippen molar-refractivity contribution >= 4 is 0 Å². The largest absolute Gasteiger partial charge is 0.468 e. The molecule has 0 radical (unpaired) electrons. The van der Waals surface area contributed by atoms with E-state index < -0.39 is 0 Å². The molecule has 0 saturated carbocycles. The summed E-state index contributed by atoms with van der Waals surface area (Å²) in [6.45, 7) is 0.576. The van der Waals surface area contributed by atoms with Gasteiger partial charge in [0.15, 0.2) is 5.57 Å². The van der Waals surface area contributed by atoms with Gasteiger partial charge in [-0.25, -0.2) is 0 Å². The minimum Gasteiger partial charge on any atom is -0.468 e. The van der Waals surface area contributed by atoms with Crippen molar-refractivity contribution in [3.8, 4) is 12.1 Å². The van der Waals surface area contributed by atoms with Gasteiger partial charge < -0.3 is 10.1 Å². The molecule has 78 valence electrons. The quantitative estimate of drug-likeness (QED) is 0.716. The first-order valence-corrected chi connectivity index (χ1v) is 4.85. The Labute approximate surface area is 93.4 Å². The summed E-state index contributed by atoms with van der Waals surface area (Å²) in [5, 5.41) is 20.3. The second-order valence-electron chi connectivity index (χ2n) is 3.33. The molecule has 16 heavy (non-hydrogen) atoms. The molecule has 1 aliphatic rings. The number of hydrogen-bond donors (Lipinski definition) is 1. The van der Waals surface area contributed by atoms with Gasteiger partial charge in [-0.05, 0) is 5.56 Å². The number of ether oxygens (including phenoxy) is 1. The lowest BCUT2D eigenvalue weighted by Crippen LogP contribution is -2.08. The van der Waals surface area contributed by atoms with Crippen molar-refractivity contribution in [3.05, 3.63) is 47.4 Å². The second-order valence-corrected chi connectivity index (χ2v) is 3.33. The number of nitriles is 2. The lowest BCUT2D eigenvalue weighted by atomic mass is 10.1. The summed E-state index contributed by atoms with van der Waals surface area (Å²) in [5.41, 5.74) is 1.01. The predicted octanol–water partition coefficient (Wildman–Crippen LogP) is 1.61. The Morgan fingerprint density at radius 3 is 2.56 bits per heavy atom. The van der Waals surface area contributed by atoms with E-state index in [0.29, 0.717) is 6.54 Å². The summed E-state index contributed by atoms with van der Waals surface area (Å²) in [6.07, 6.45) is -0.132. The molecule has 0 bridgehead atoms. The molecule has 0 amide bonds. The predicted molar refractivity (Wildman–Crippen MR) is 56.5 cm³/mol. The fourth-order valence-corrected chi connectivity index (χ4v) is 1.54. The van der Waals surface area contributed by atoms with Crippen molar-refractivity contribution < 1.29 is 4.74 Å². The van der Waals surface area contributed by atoms with Gasteiger partial charge in [0.25, 0.3) is 0 Å². The third-order valence-corrected chi connectivity index (χ3v) is 2.33. The van der Waals surface area contributed by atoms with Crippen LogP contribution in [0.2, 0.25) is 0 Å². The number of rotatable bonds is 1. The molecule has 0 aliphatic carbocycles. The van der Waals surface area contributed by atoms with Crippen molar-refractivity contribution in [2.24, 2.45) is 0 Å². The highest BCUT2D eigenvalue weighted by atomic mass is 16.5. The summed E-state index contributed by atoms with van der Waals surface area (Å²) in [4.78, 5) is 0. The minimum absolute atomic E-state index is 0.0153. The van der Waals surface area contributed by atoms with Gasteiger partial charge in [0, 0.05) is 0 Å². The zero-order valence-electron chi connectivity index (χ0n) is 8.47. The topological polar surface area (TPSA) is 68.8 Å². The molecule has 1 saturated heterocycles. The van der Waals surface area contributed by atoms with Crippen molar-refractivity contribution in [2.75, 3.05) is 6.54 Å². The lowest BCUT2D eigenvalue weighted by Gasteiger charge is -2.08. The molecular weight excluding hydrogens is 202 g/mol.